The van der Waals surface area contributed by atoms with E-state index in [1.165, 1.54) is 0 Å². The first-order chi connectivity index (χ1) is 15.8. The summed E-state index contributed by atoms with van der Waals surface area (Å²) in [5.74, 6) is 0.262. The van der Waals surface area contributed by atoms with Gasteiger partial charge in [0.15, 0.2) is 8.32 Å². The van der Waals surface area contributed by atoms with E-state index in [2.05, 4.69) is 46.5 Å². The van der Waals surface area contributed by atoms with Crippen LogP contribution in [-0.4, -0.2) is 54.5 Å². The first-order valence-electron chi connectivity index (χ1n) is 12.6. The van der Waals surface area contributed by atoms with Crippen LogP contribution in [-0.2, 0) is 15.8 Å². The van der Waals surface area contributed by atoms with Crippen LogP contribution in [0.4, 0.5) is 10.3 Å². The molecule has 0 spiro atoms. The summed E-state index contributed by atoms with van der Waals surface area (Å²) in [6.45, 7) is 15.7. The largest absolute Gasteiger partial charge is 0.413 e. The van der Waals surface area contributed by atoms with E-state index in [9.17, 15) is 4.79 Å². The molecule has 34 heavy (non-hydrogen) atoms. The second kappa shape index (κ2) is 9.97. The molecule has 190 valence electrons. The molecule has 6 nitrogen and oxygen atoms in total. The van der Waals surface area contributed by atoms with Gasteiger partial charge in [0.05, 0.1) is 30.1 Å². The molecule has 0 aliphatic carbocycles. The van der Waals surface area contributed by atoms with Crippen LogP contribution in [0.1, 0.15) is 72.8 Å². The standard InChI is InChI=1S/C26H43FN4O2Si/c1-17(2)34(18(3)4,19(5)6)33-16-26(7,27)15-31-23-12-11-20(14-22(23)29-25(31)28)21-10-9-13-30(8)24(21)32/h11-12,14,17-19,21H,9-10,13,15-16H2,1-8H3,(H2,28,29)/t21?,26-/m1/s1. The van der Waals surface area contributed by atoms with Gasteiger partial charge in [-0.25, -0.2) is 9.37 Å². The van der Waals surface area contributed by atoms with Crippen LogP contribution in [0.2, 0.25) is 16.6 Å². The van der Waals surface area contributed by atoms with E-state index < -0.39 is 14.0 Å². The van der Waals surface area contributed by atoms with Crippen molar-refractivity contribution in [2.24, 2.45) is 0 Å². The number of hydrogen-bond donors (Lipinski definition) is 1. The number of piperidine rings is 1. The maximum Gasteiger partial charge on any atom is 0.229 e. The summed E-state index contributed by atoms with van der Waals surface area (Å²) in [5, 5.41) is 0. The lowest BCUT2D eigenvalue weighted by Gasteiger charge is -2.43. The van der Waals surface area contributed by atoms with Crippen molar-refractivity contribution in [2.45, 2.75) is 96.1 Å². The topological polar surface area (TPSA) is 73.4 Å². The molecule has 0 radical (unpaired) electrons. The zero-order chi connectivity index (χ0) is 25.4. The third-order valence-electron chi connectivity index (χ3n) is 7.68. The van der Waals surface area contributed by atoms with Crippen LogP contribution < -0.4 is 5.73 Å². The maximum absolute atomic E-state index is 15.9. The van der Waals surface area contributed by atoms with Gasteiger partial charge in [-0.1, -0.05) is 47.6 Å². The highest BCUT2D eigenvalue weighted by molar-refractivity contribution is 6.77. The fourth-order valence-corrected chi connectivity index (χ4v) is 11.6. The Balaban J connectivity index is 1.83. The fraction of sp³-hybridized carbons (Fsp3) is 0.692. The van der Waals surface area contributed by atoms with E-state index in [-0.39, 0.29) is 30.9 Å². The zero-order valence-electron chi connectivity index (χ0n) is 22.2. The molecule has 2 atom stereocenters. The highest BCUT2D eigenvalue weighted by atomic mass is 28.4. The smallest absolute Gasteiger partial charge is 0.229 e. The average Bonchev–Trinajstić information content (AvgIpc) is 3.03. The number of alkyl halides is 1. The second-order valence-corrected chi connectivity index (χ2v) is 16.7. The Kier molecular flexibility index (Phi) is 7.82. The Labute approximate surface area is 205 Å². The van der Waals surface area contributed by atoms with Gasteiger partial charge in [0.1, 0.15) is 5.67 Å². The quantitative estimate of drug-likeness (QED) is 0.446. The van der Waals surface area contributed by atoms with E-state index >= 15 is 4.39 Å². The van der Waals surface area contributed by atoms with Crippen LogP contribution in [0, 0.1) is 0 Å². The number of amides is 1. The number of anilines is 1. The molecule has 2 N–H and O–H groups in total. The number of carbonyl (C=O) groups is 1. The van der Waals surface area contributed by atoms with Crippen LogP contribution in [0.25, 0.3) is 11.0 Å². The van der Waals surface area contributed by atoms with Gasteiger partial charge >= 0.3 is 0 Å². The fourth-order valence-electron chi connectivity index (χ4n) is 6.04. The van der Waals surface area contributed by atoms with Crippen molar-refractivity contribution in [1.29, 1.82) is 0 Å². The molecule has 1 aromatic carbocycles. The van der Waals surface area contributed by atoms with Crippen molar-refractivity contribution in [3.63, 3.8) is 0 Å². The van der Waals surface area contributed by atoms with Crippen molar-refractivity contribution in [1.82, 2.24) is 14.5 Å². The van der Waals surface area contributed by atoms with Gasteiger partial charge in [0, 0.05) is 13.6 Å². The molecule has 0 saturated carbocycles. The number of likely N-dealkylation sites (tertiary alicyclic amines) is 1. The minimum atomic E-state index is -2.18. The Morgan fingerprint density at radius 2 is 1.82 bits per heavy atom. The van der Waals surface area contributed by atoms with Crippen molar-refractivity contribution in [3.05, 3.63) is 23.8 Å². The van der Waals surface area contributed by atoms with Gasteiger partial charge in [-0.15, -0.1) is 0 Å². The van der Waals surface area contributed by atoms with E-state index in [4.69, 9.17) is 10.2 Å². The highest BCUT2D eigenvalue weighted by Gasteiger charge is 2.46. The number of hydrogen-bond acceptors (Lipinski definition) is 4. The van der Waals surface area contributed by atoms with Crippen LogP contribution in [0.3, 0.4) is 0 Å². The molecule has 2 heterocycles. The molecule has 1 aliphatic heterocycles. The van der Waals surface area contributed by atoms with Crippen molar-refractivity contribution in [3.8, 4) is 0 Å². The average molecular weight is 491 g/mol. The van der Waals surface area contributed by atoms with Gasteiger partial charge in [0.2, 0.25) is 11.9 Å². The number of benzene rings is 1. The van der Waals surface area contributed by atoms with Gasteiger partial charge in [-0.05, 0) is 54.1 Å². The number of fused-ring (bicyclic) bond motifs is 1. The van der Waals surface area contributed by atoms with Crippen LogP contribution in [0.15, 0.2) is 18.2 Å². The third kappa shape index (κ3) is 5.03. The first-order valence-corrected chi connectivity index (χ1v) is 14.8. The van der Waals surface area contributed by atoms with Gasteiger partial charge in [0.25, 0.3) is 0 Å². The molecule has 1 aromatic heterocycles. The molecule has 1 saturated heterocycles. The Morgan fingerprint density at radius 3 is 2.41 bits per heavy atom. The Morgan fingerprint density at radius 1 is 1.21 bits per heavy atom. The first kappa shape index (κ1) is 26.7. The molecular weight excluding hydrogens is 447 g/mol. The number of nitrogens with two attached hydrogens (primary N) is 1. The molecule has 1 unspecified atom stereocenters. The summed E-state index contributed by atoms with van der Waals surface area (Å²) >= 11 is 0. The minimum absolute atomic E-state index is 0.0356. The zero-order valence-corrected chi connectivity index (χ0v) is 23.2. The minimum Gasteiger partial charge on any atom is -0.413 e. The lowest BCUT2D eigenvalue weighted by molar-refractivity contribution is -0.133. The highest BCUT2D eigenvalue weighted by Crippen LogP contribution is 2.43. The number of rotatable bonds is 9. The van der Waals surface area contributed by atoms with Crippen LogP contribution in [0.5, 0.6) is 0 Å². The third-order valence-corrected chi connectivity index (χ3v) is 13.7. The monoisotopic (exact) mass is 490 g/mol. The molecule has 1 fully saturated rings. The van der Waals surface area contributed by atoms with E-state index in [0.717, 1.165) is 30.5 Å². The molecule has 0 bridgehead atoms. The normalized spacial score (nSPS) is 19.6. The van der Waals surface area contributed by atoms with Gasteiger partial charge in [-0.2, -0.15) is 0 Å². The van der Waals surface area contributed by atoms with Crippen molar-refractivity contribution in [2.75, 3.05) is 25.9 Å². The number of nitrogen functional groups attached to an aromatic ring is 1. The van der Waals surface area contributed by atoms with Crippen LogP contribution >= 0.6 is 0 Å². The Bertz CT molecular complexity index is 996. The number of halogens is 1. The molecule has 3 rings (SSSR count). The number of likely N-dealkylation sites (N-methyl/N-ethyl adjacent to an activating group) is 1. The van der Waals surface area contributed by atoms with Crippen molar-refractivity contribution >= 4 is 31.2 Å². The van der Waals surface area contributed by atoms with Gasteiger partial charge < -0.3 is 19.6 Å². The summed E-state index contributed by atoms with van der Waals surface area (Å²) < 4.78 is 24.2. The summed E-state index contributed by atoms with van der Waals surface area (Å²) in [7, 11) is -0.330. The molecule has 8 heteroatoms. The predicted octanol–water partition coefficient (Wildman–Crippen LogP) is 5.87. The lowest BCUT2D eigenvalue weighted by atomic mass is 9.90. The van der Waals surface area contributed by atoms with E-state index in [1.54, 1.807) is 16.4 Å². The number of carbonyl (C=O) groups excluding carboxylic acids is 1. The number of aromatic nitrogens is 2. The predicted molar refractivity (Wildman–Crippen MR) is 140 cm³/mol. The summed E-state index contributed by atoms with van der Waals surface area (Å²) in [6.07, 6.45) is 1.81. The van der Waals surface area contributed by atoms with Crippen molar-refractivity contribution < 1.29 is 13.6 Å². The molecule has 2 aromatic rings. The molecule has 1 amide bonds. The Hall–Kier alpha value is -1.93. The number of imidazole rings is 1. The molecular formula is C26H43FN4O2Si. The summed E-state index contributed by atoms with van der Waals surface area (Å²) in [4.78, 5) is 18.9. The SMILES string of the molecule is CC(C)[Si](OC[C@](C)(F)Cn1c(N)nc2cc(C3CCCN(C)C3=O)ccc21)(C(C)C)C(C)C. The molecule has 1 aliphatic rings. The second-order valence-electron chi connectivity index (χ2n) is 11.3. The van der Waals surface area contributed by atoms with E-state index in [0.29, 0.717) is 22.1 Å². The van der Waals surface area contributed by atoms with Gasteiger partial charge in [-0.3, -0.25) is 4.79 Å². The summed E-state index contributed by atoms with van der Waals surface area (Å²) in [5.41, 5.74) is 8.24. The number of nitrogens with zero attached hydrogens (tertiary/aromatic N) is 3. The summed E-state index contributed by atoms with van der Waals surface area (Å²) in [6, 6.07) is 5.81. The lowest BCUT2D eigenvalue weighted by Crippen LogP contribution is -2.50. The van der Waals surface area contributed by atoms with E-state index in [1.807, 2.05) is 25.2 Å². The maximum atomic E-state index is 15.9.